The molecule has 2 heterocycles. The minimum Gasteiger partial charge on any atom is -0.504 e. The highest BCUT2D eigenvalue weighted by Gasteiger charge is 2.73. The van der Waals surface area contributed by atoms with Crippen LogP contribution >= 0.6 is 12.4 Å². The summed E-state index contributed by atoms with van der Waals surface area (Å²) < 4.78 is 6.60. The Labute approximate surface area is 212 Å². The third kappa shape index (κ3) is 3.00. The Hall–Kier alpha value is -2.28. The molecule has 0 aromatic heterocycles. The summed E-state index contributed by atoms with van der Waals surface area (Å²) in [6, 6.07) is 13.0. The quantitative estimate of drug-likeness (QED) is 0.677. The minimum atomic E-state index is -0.927. The van der Waals surface area contributed by atoms with E-state index in [2.05, 4.69) is 4.90 Å². The normalized spacial score (nSPS) is 34.4. The molecule has 7 heteroatoms. The number of hydrogen-bond donors (Lipinski definition) is 2. The Kier molecular flexibility index (Phi) is 5.20. The molecule has 5 aliphatic rings. The van der Waals surface area contributed by atoms with E-state index in [-0.39, 0.29) is 42.3 Å². The number of aliphatic hydroxyl groups is 1. The van der Waals surface area contributed by atoms with Crippen molar-refractivity contribution in [2.45, 2.75) is 67.7 Å². The van der Waals surface area contributed by atoms with Crippen molar-refractivity contribution >= 4 is 18.3 Å². The van der Waals surface area contributed by atoms with Crippen LogP contribution in [0.1, 0.15) is 53.6 Å². The molecule has 6 nitrogen and oxygen atoms in total. The molecule has 2 N–H and O–H groups in total. The van der Waals surface area contributed by atoms with Gasteiger partial charge in [0.1, 0.15) is 6.10 Å². The Bertz CT molecular complexity index is 1170. The fourth-order valence-electron chi connectivity index (χ4n) is 7.79. The average Bonchev–Trinajstić information content (AvgIpc) is 3.59. The van der Waals surface area contributed by atoms with Crippen LogP contribution < -0.4 is 4.74 Å². The maximum Gasteiger partial charge on any atom is 0.253 e. The number of benzene rings is 2. The van der Waals surface area contributed by atoms with Crippen molar-refractivity contribution in [2.75, 3.05) is 20.1 Å². The topological polar surface area (TPSA) is 73.2 Å². The lowest BCUT2D eigenvalue weighted by molar-refractivity contribution is -0.197. The molecule has 186 valence electrons. The van der Waals surface area contributed by atoms with Gasteiger partial charge in [0.25, 0.3) is 5.91 Å². The Balaban J connectivity index is 0.00000229. The molecule has 7 rings (SSSR count). The first-order valence-corrected chi connectivity index (χ1v) is 12.7. The molecule has 5 atom stereocenters. The molecule has 1 amide bonds. The van der Waals surface area contributed by atoms with Crippen LogP contribution in [0.4, 0.5) is 0 Å². The molecule has 1 saturated heterocycles. The number of likely N-dealkylation sites (tertiary alicyclic amines) is 1. The zero-order chi connectivity index (χ0) is 23.2. The summed E-state index contributed by atoms with van der Waals surface area (Å²) in [5, 5.41) is 23.3. The van der Waals surface area contributed by atoms with Gasteiger partial charge in [-0.1, -0.05) is 24.3 Å². The van der Waals surface area contributed by atoms with Gasteiger partial charge in [0.05, 0.1) is 17.1 Å². The molecular formula is C28H33ClN2O4. The molecule has 2 aromatic rings. The summed E-state index contributed by atoms with van der Waals surface area (Å²) in [6.45, 7) is 1.98. The number of aromatic hydroxyl groups is 1. The predicted molar refractivity (Wildman–Crippen MR) is 134 cm³/mol. The Morgan fingerprint density at radius 3 is 2.66 bits per heavy atom. The number of carbonyl (C=O) groups is 1. The lowest BCUT2D eigenvalue weighted by atomic mass is 9.48. The second-order valence-electron chi connectivity index (χ2n) is 11.2. The van der Waals surface area contributed by atoms with Crippen molar-refractivity contribution < 1.29 is 19.7 Å². The third-order valence-corrected chi connectivity index (χ3v) is 9.57. The summed E-state index contributed by atoms with van der Waals surface area (Å²) in [5.74, 6) is 1.40. The van der Waals surface area contributed by atoms with Gasteiger partial charge in [-0.2, -0.15) is 0 Å². The first kappa shape index (κ1) is 23.1. The van der Waals surface area contributed by atoms with Crippen LogP contribution in [0.3, 0.4) is 0 Å². The maximum atomic E-state index is 13.4. The number of hydrogen-bond acceptors (Lipinski definition) is 5. The standard InChI is InChI=1S/C28H32N2O4.ClH/c1-29(26(32)18-5-3-2-4-6-18)20-11-12-28(33)22-15-19-9-10-21(31)24-23(19)27(28,25(20)34-24)13-14-30(22)16-17-7-8-17;/h2-6,9-10,17,20,22,25,31,33H,7-8,11-16H2,1H3;1H/t20-,22-,25+,27+,28-;/m1./s1. The van der Waals surface area contributed by atoms with Gasteiger partial charge in [0.15, 0.2) is 11.5 Å². The van der Waals surface area contributed by atoms with E-state index in [1.54, 1.807) is 6.07 Å². The fourth-order valence-corrected chi connectivity index (χ4v) is 7.79. The Morgan fingerprint density at radius 2 is 1.91 bits per heavy atom. The van der Waals surface area contributed by atoms with E-state index in [9.17, 15) is 15.0 Å². The molecule has 0 unspecified atom stereocenters. The number of phenols is 1. The van der Waals surface area contributed by atoms with Crippen molar-refractivity contribution in [3.63, 3.8) is 0 Å². The van der Waals surface area contributed by atoms with Gasteiger partial charge in [-0.15, -0.1) is 12.4 Å². The first-order chi connectivity index (χ1) is 16.4. The lowest BCUT2D eigenvalue weighted by Crippen LogP contribution is -2.78. The highest BCUT2D eigenvalue weighted by molar-refractivity contribution is 5.94. The highest BCUT2D eigenvalue weighted by Crippen LogP contribution is 2.66. The maximum absolute atomic E-state index is 13.4. The molecule has 2 aromatic carbocycles. The fraction of sp³-hybridized carbons (Fsp3) is 0.536. The number of amides is 1. The van der Waals surface area contributed by atoms with Crippen molar-refractivity contribution in [3.8, 4) is 11.5 Å². The van der Waals surface area contributed by atoms with E-state index in [1.165, 1.54) is 18.4 Å². The van der Waals surface area contributed by atoms with Crippen molar-refractivity contribution in [1.29, 1.82) is 0 Å². The summed E-state index contributed by atoms with van der Waals surface area (Å²) >= 11 is 0. The number of ether oxygens (including phenoxy) is 1. The summed E-state index contributed by atoms with van der Waals surface area (Å²) in [5.41, 5.74) is 1.32. The van der Waals surface area contributed by atoms with Crippen molar-refractivity contribution in [3.05, 3.63) is 59.2 Å². The van der Waals surface area contributed by atoms with Gasteiger partial charge in [0, 0.05) is 30.8 Å². The second-order valence-corrected chi connectivity index (χ2v) is 11.2. The molecule has 3 fully saturated rings. The largest absolute Gasteiger partial charge is 0.504 e. The van der Waals surface area contributed by atoms with Crippen LogP contribution in [0, 0.1) is 5.92 Å². The van der Waals surface area contributed by atoms with Gasteiger partial charge in [-0.3, -0.25) is 9.69 Å². The van der Waals surface area contributed by atoms with E-state index >= 15 is 0 Å². The average molecular weight is 497 g/mol. The molecule has 2 saturated carbocycles. The summed E-state index contributed by atoms with van der Waals surface area (Å²) in [4.78, 5) is 17.8. The van der Waals surface area contributed by atoms with E-state index in [0.29, 0.717) is 24.2 Å². The van der Waals surface area contributed by atoms with E-state index in [1.807, 2.05) is 48.3 Å². The van der Waals surface area contributed by atoms with Crippen LogP contribution in [0.15, 0.2) is 42.5 Å². The van der Waals surface area contributed by atoms with Gasteiger partial charge in [-0.05, 0) is 74.8 Å². The van der Waals surface area contributed by atoms with Gasteiger partial charge in [0.2, 0.25) is 0 Å². The van der Waals surface area contributed by atoms with Gasteiger partial charge >= 0.3 is 0 Å². The number of rotatable bonds is 4. The van der Waals surface area contributed by atoms with Crippen LogP contribution in [-0.4, -0.2) is 69.8 Å². The first-order valence-electron chi connectivity index (χ1n) is 12.7. The van der Waals surface area contributed by atoms with E-state index in [4.69, 9.17) is 4.74 Å². The highest BCUT2D eigenvalue weighted by atomic mass is 35.5. The number of nitrogens with zero attached hydrogens (tertiary/aromatic N) is 2. The molecule has 2 bridgehead atoms. The van der Waals surface area contributed by atoms with E-state index < -0.39 is 11.0 Å². The molecule has 2 aliphatic heterocycles. The molecule has 0 radical (unpaired) electrons. The molecule has 3 aliphatic carbocycles. The van der Waals surface area contributed by atoms with Crippen molar-refractivity contribution in [1.82, 2.24) is 9.80 Å². The van der Waals surface area contributed by atoms with Gasteiger partial charge < -0.3 is 19.8 Å². The smallest absolute Gasteiger partial charge is 0.253 e. The van der Waals surface area contributed by atoms with E-state index in [0.717, 1.165) is 37.4 Å². The van der Waals surface area contributed by atoms with Crippen LogP contribution in [0.25, 0.3) is 0 Å². The third-order valence-electron chi connectivity index (χ3n) is 9.57. The molecule has 1 spiro atoms. The van der Waals surface area contributed by atoms with Crippen LogP contribution in [0.5, 0.6) is 11.5 Å². The number of piperidine rings is 1. The summed E-state index contributed by atoms with van der Waals surface area (Å²) in [7, 11) is 1.86. The monoisotopic (exact) mass is 496 g/mol. The number of halogens is 1. The lowest BCUT2D eigenvalue weighted by Gasteiger charge is -2.64. The zero-order valence-electron chi connectivity index (χ0n) is 20.0. The molecular weight excluding hydrogens is 464 g/mol. The summed E-state index contributed by atoms with van der Waals surface area (Å²) in [6.07, 6.45) is 5.08. The van der Waals surface area contributed by atoms with Crippen molar-refractivity contribution in [2.24, 2.45) is 5.92 Å². The number of likely N-dealkylation sites (N-methyl/N-ethyl adjacent to an activating group) is 1. The minimum absolute atomic E-state index is 0. The second kappa shape index (κ2) is 7.86. The van der Waals surface area contributed by atoms with Crippen LogP contribution in [-0.2, 0) is 11.8 Å². The predicted octanol–water partition coefficient (Wildman–Crippen LogP) is 3.52. The number of phenolic OH excluding ortho intramolecular Hbond substituents is 1. The van der Waals surface area contributed by atoms with Crippen LogP contribution in [0.2, 0.25) is 0 Å². The molecule has 35 heavy (non-hydrogen) atoms. The zero-order valence-corrected chi connectivity index (χ0v) is 20.8. The SMILES string of the molecule is CN(C(=O)c1ccccc1)[C@@H]1CC[C@@]2(O)[C@H]3Cc4ccc(O)c5c4[C@@]2(CCN3CC2CC2)[C@H]1O5.Cl. The number of carbonyl (C=O) groups excluding carboxylic acids is 1. The Morgan fingerprint density at radius 1 is 1.14 bits per heavy atom. The van der Waals surface area contributed by atoms with Gasteiger partial charge in [-0.25, -0.2) is 0 Å².